The summed E-state index contributed by atoms with van der Waals surface area (Å²) in [7, 11) is 0. The SMILES string of the molecule is CC(CI)OSCCCC(NO)SC(I)CO. The van der Waals surface area contributed by atoms with Crippen LogP contribution in [0.2, 0.25) is 0 Å². The van der Waals surface area contributed by atoms with Gasteiger partial charge in [0, 0.05) is 10.2 Å². The molecular formula is C9H19I2NO3S2. The molecule has 4 nitrogen and oxygen atoms in total. The molecule has 0 aromatic rings. The van der Waals surface area contributed by atoms with Gasteiger partial charge in [0.05, 0.1) is 21.3 Å². The molecule has 0 spiro atoms. The molecule has 0 aromatic heterocycles. The summed E-state index contributed by atoms with van der Waals surface area (Å²) in [4.78, 5) is 0. The number of hydrogen-bond acceptors (Lipinski definition) is 6. The smallest absolute Gasteiger partial charge is 0.0811 e. The standard InChI is InChI=1S/C9H19I2NO3S2/c1-7(5-10)15-16-4-2-3-9(12-14)17-8(11)6-13/h7-9,12-14H,2-6H2,1H3. The van der Waals surface area contributed by atoms with Crippen molar-refractivity contribution >= 4 is 69.0 Å². The van der Waals surface area contributed by atoms with Crippen molar-refractivity contribution in [2.45, 2.75) is 34.5 Å². The third-order valence-corrected chi connectivity index (χ3v) is 6.29. The van der Waals surface area contributed by atoms with Crippen molar-refractivity contribution < 1.29 is 14.5 Å². The van der Waals surface area contributed by atoms with Gasteiger partial charge in [-0.3, -0.25) is 0 Å². The van der Waals surface area contributed by atoms with E-state index in [0.717, 1.165) is 23.0 Å². The fourth-order valence-electron chi connectivity index (χ4n) is 0.902. The van der Waals surface area contributed by atoms with Crippen LogP contribution in [-0.2, 0) is 4.18 Å². The van der Waals surface area contributed by atoms with Crippen LogP contribution in [-0.4, -0.2) is 41.8 Å². The van der Waals surface area contributed by atoms with Crippen LogP contribution >= 0.6 is 69.0 Å². The van der Waals surface area contributed by atoms with Crippen LogP contribution in [0, 0.1) is 0 Å². The lowest BCUT2D eigenvalue weighted by Crippen LogP contribution is -2.24. The maximum atomic E-state index is 8.96. The van der Waals surface area contributed by atoms with E-state index in [2.05, 4.69) is 57.6 Å². The highest BCUT2D eigenvalue weighted by atomic mass is 127. The maximum Gasteiger partial charge on any atom is 0.0811 e. The molecule has 0 fully saturated rings. The number of aliphatic hydroxyl groups excluding tert-OH is 1. The zero-order chi connectivity index (χ0) is 13.1. The Morgan fingerprint density at radius 3 is 2.71 bits per heavy atom. The van der Waals surface area contributed by atoms with Crippen molar-refractivity contribution in [2.75, 3.05) is 16.8 Å². The first-order chi connectivity index (χ1) is 8.13. The summed E-state index contributed by atoms with van der Waals surface area (Å²) in [5.41, 5.74) is 2.27. The van der Waals surface area contributed by atoms with Crippen molar-refractivity contribution in [2.24, 2.45) is 0 Å². The molecule has 0 amide bonds. The fraction of sp³-hybridized carbons (Fsp3) is 1.00. The van der Waals surface area contributed by atoms with Crippen molar-refractivity contribution in [3.8, 4) is 0 Å². The third-order valence-electron chi connectivity index (χ3n) is 1.74. The second kappa shape index (κ2) is 13.0. The molecule has 0 aliphatic heterocycles. The first-order valence-corrected chi connectivity index (χ1v) is 9.90. The molecule has 0 aliphatic carbocycles. The van der Waals surface area contributed by atoms with E-state index in [1.54, 1.807) is 0 Å². The molecule has 3 unspecified atom stereocenters. The zero-order valence-electron chi connectivity index (χ0n) is 9.64. The minimum atomic E-state index is -0.0216. The number of nitrogens with one attached hydrogen (secondary N) is 1. The van der Waals surface area contributed by atoms with E-state index in [0.29, 0.717) is 0 Å². The summed E-state index contributed by atoms with van der Waals surface area (Å²) < 4.78 is 6.59. The van der Waals surface area contributed by atoms with Gasteiger partial charge in [0.15, 0.2) is 0 Å². The van der Waals surface area contributed by atoms with Crippen LogP contribution in [0.1, 0.15) is 19.8 Å². The Hall–Kier alpha value is 2.00. The highest BCUT2D eigenvalue weighted by Gasteiger charge is 2.13. The zero-order valence-corrected chi connectivity index (χ0v) is 15.6. The molecular weight excluding hydrogens is 488 g/mol. The van der Waals surface area contributed by atoms with Gasteiger partial charge >= 0.3 is 0 Å². The summed E-state index contributed by atoms with van der Waals surface area (Å²) in [6.07, 6.45) is 2.11. The van der Waals surface area contributed by atoms with Gasteiger partial charge in [-0.05, 0) is 31.8 Å². The summed E-state index contributed by atoms with van der Waals surface area (Å²) >= 11 is 7.48. The van der Waals surface area contributed by atoms with Gasteiger partial charge in [-0.2, -0.15) is 5.48 Å². The summed E-state index contributed by atoms with van der Waals surface area (Å²) in [5, 5.41) is 17.9. The quantitative estimate of drug-likeness (QED) is 0.0999. The van der Waals surface area contributed by atoms with Gasteiger partial charge in [0.25, 0.3) is 0 Å². The highest BCUT2D eigenvalue weighted by molar-refractivity contribution is 14.1. The second-order valence-electron chi connectivity index (χ2n) is 3.37. The van der Waals surface area contributed by atoms with Crippen LogP contribution < -0.4 is 5.48 Å². The lowest BCUT2D eigenvalue weighted by molar-refractivity contribution is 0.153. The predicted molar refractivity (Wildman–Crippen MR) is 92.3 cm³/mol. The number of thioether (sulfide) groups is 1. The molecule has 0 aliphatic rings. The Labute approximate surface area is 139 Å². The molecule has 0 rings (SSSR count). The summed E-state index contributed by atoms with van der Waals surface area (Å²) in [6, 6.07) is 0. The fourth-order valence-corrected chi connectivity index (χ4v) is 3.88. The molecule has 0 radical (unpaired) electrons. The monoisotopic (exact) mass is 507 g/mol. The average Bonchev–Trinajstić information content (AvgIpc) is 2.36. The van der Waals surface area contributed by atoms with Crippen LogP contribution in [0.5, 0.6) is 0 Å². The molecule has 3 atom stereocenters. The van der Waals surface area contributed by atoms with Crippen LogP contribution in [0.25, 0.3) is 0 Å². The number of aliphatic hydroxyl groups is 1. The van der Waals surface area contributed by atoms with Gasteiger partial charge < -0.3 is 14.5 Å². The number of hydroxylamine groups is 1. The topological polar surface area (TPSA) is 61.7 Å². The number of alkyl halides is 2. The van der Waals surface area contributed by atoms with Gasteiger partial charge in [-0.1, -0.05) is 45.2 Å². The minimum absolute atomic E-state index is 0.0216. The maximum absolute atomic E-state index is 8.96. The van der Waals surface area contributed by atoms with E-state index < -0.39 is 0 Å². The number of rotatable bonds is 11. The Bertz CT molecular complexity index is 182. The second-order valence-corrected chi connectivity index (χ2v) is 8.85. The van der Waals surface area contributed by atoms with Crippen molar-refractivity contribution in [3.63, 3.8) is 0 Å². The van der Waals surface area contributed by atoms with E-state index >= 15 is 0 Å². The van der Waals surface area contributed by atoms with Crippen molar-refractivity contribution in [1.29, 1.82) is 0 Å². The van der Waals surface area contributed by atoms with Gasteiger partial charge in [-0.25, -0.2) is 0 Å². The lowest BCUT2D eigenvalue weighted by Gasteiger charge is -2.17. The Kier molecular flexibility index (Phi) is 14.5. The average molecular weight is 507 g/mol. The molecule has 0 heterocycles. The van der Waals surface area contributed by atoms with E-state index in [-0.39, 0.29) is 21.3 Å². The number of hydrogen-bond donors (Lipinski definition) is 3. The molecule has 17 heavy (non-hydrogen) atoms. The molecule has 0 bridgehead atoms. The Morgan fingerprint density at radius 2 is 2.18 bits per heavy atom. The minimum Gasteiger partial charge on any atom is -0.394 e. The molecule has 0 saturated carbocycles. The summed E-state index contributed by atoms with van der Waals surface area (Å²) in [5.74, 6) is 0.921. The van der Waals surface area contributed by atoms with E-state index in [1.165, 1.54) is 23.8 Å². The first-order valence-electron chi connectivity index (χ1n) is 5.28. The van der Waals surface area contributed by atoms with Gasteiger partial charge in [0.2, 0.25) is 0 Å². The molecule has 8 heteroatoms. The largest absolute Gasteiger partial charge is 0.394 e. The lowest BCUT2D eigenvalue weighted by atomic mass is 10.3. The molecule has 3 N–H and O–H groups in total. The number of halogens is 2. The van der Waals surface area contributed by atoms with Crippen LogP contribution in [0.15, 0.2) is 0 Å². The van der Waals surface area contributed by atoms with Gasteiger partial charge in [0.1, 0.15) is 0 Å². The Morgan fingerprint density at radius 1 is 1.47 bits per heavy atom. The third kappa shape index (κ3) is 11.5. The van der Waals surface area contributed by atoms with Crippen molar-refractivity contribution in [1.82, 2.24) is 5.48 Å². The highest BCUT2D eigenvalue weighted by Crippen LogP contribution is 2.24. The van der Waals surface area contributed by atoms with Gasteiger partial charge in [-0.15, -0.1) is 11.8 Å². The predicted octanol–water partition coefficient (Wildman–Crippen LogP) is 3.05. The Balaban J connectivity index is 3.49. The van der Waals surface area contributed by atoms with E-state index in [1.807, 2.05) is 0 Å². The first kappa shape index (κ1) is 19.0. The van der Waals surface area contributed by atoms with E-state index in [9.17, 15) is 0 Å². The van der Waals surface area contributed by atoms with E-state index in [4.69, 9.17) is 14.5 Å². The van der Waals surface area contributed by atoms with Crippen LogP contribution in [0.3, 0.4) is 0 Å². The normalized spacial score (nSPS) is 16.8. The molecule has 104 valence electrons. The molecule has 0 aromatic carbocycles. The van der Waals surface area contributed by atoms with Crippen molar-refractivity contribution in [3.05, 3.63) is 0 Å². The molecule has 0 saturated heterocycles. The summed E-state index contributed by atoms with van der Waals surface area (Å²) in [6.45, 7) is 2.17. The van der Waals surface area contributed by atoms with Crippen LogP contribution in [0.4, 0.5) is 0 Å².